The number of urea groups is 1. The van der Waals surface area contributed by atoms with Gasteiger partial charge in [-0.25, -0.2) is 14.5 Å². The summed E-state index contributed by atoms with van der Waals surface area (Å²) >= 11 is 13.0. The molecule has 0 atom stereocenters. The number of carbonyl (C=O) groups excluding carboxylic acids is 3. The van der Waals surface area contributed by atoms with E-state index in [1.165, 1.54) is 30.3 Å². The van der Waals surface area contributed by atoms with Crippen LogP contribution in [0.15, 0.2) is 75.2 Å². The van der Waals surface area contributed by atoms with E-state index in [-0.39, 0.29) is 28.5 Å². The van der Waals surface area contributed by atoms with Crippen LogP contribution < -0.4 is 15.0 Å². The van der Waals surface area contributed by atoms with E-state index in [1.54, 1.807) is 36.4 Å². The fraction of sp³-hybridized carbons (Fsp3) is 0.0400. The van der Waals surface area contributed by atoms with E-state index < -0.39 is 23.8 Å². The number of hydrogen-bond acceptors (Lipinski definition) is 5. The van der Waals surface area contributed by atoms with Crippen molar-refractivity contribution in [2.45, 2.75) is 6.61 Å². The lowest BCUT2D eigenvalue weighted by atomic mass is 10.1. The molecule has 4 amide bonds. The van der Waals surface area contributed by atoms with Crippen LogP contribution in [-0.2, 0) is 16.2 Å². The molecule has 1 saturated heterocycles. The van der Waals surface area contributed by atoms with E-state index in [0.717, 1.165) is 10.5 Å². The van der Waals surface area contributed by atoms with Crippen molar-refractivity contribution in [2.24, 2.45) is 0 Å². The van der Waals surface area contributed by atoms with Crippen molar-refractivity contribution in [1.29, 1.82) is 0 Å². The second-order valence-electron chi connectivity index (χ2n) is 7.51. The van der Waals surface area contributed by atoms with Crippen molar-refractivity contribution in [2.75, 3.05) is 4.90 Å². The van der Waals surface area contributed by atoms with Gasteiger partial charge >= 0.3 is 12.0 Å². The third-order valence-electron chi connectivity index (χ3n) is 5.11. The van der Waals surface area contributed by atoms with Crippen LogP contribution in [0.2, 0.25) is 5.02 Å². The number of amides is 4. The first kappa shape index (κ1) is 25.6. The Balaban J connectivity index is 1.58. The van der Waals surface area contributed by atoms with Crippen molar-refractivity contribution in [3.05, 3.63) is 96.9 Å². The smallest absolute Gasteiger partial charge is 0.335 e. The molecule has 1 fully saturated rings. The largest absolute Gasteiger partial charge is 0.487 e. The van der Waals surface area contributed by atoms with Crippen LogP contribution >= 0.6 is 43.5 Å². The minimum Gasteiger partial charge on any atom is -0.487 e. The molecule has 8 nitrogen and oxygen atoms in total. The Kier molecular flexibility index (Phi) is 7.58. The molecule has 0 aliphatic carbocycles. The lowest BCUT2D eigenvalue weighted by Crippen LogP contribution is -2.54. The summed E-state index contributed by atoms with van der Waals surface area (Å²) in [6, 6.07) is 15.0. The van der Waals surface area contributed by atoms with E-state index in [2.05, 4.69) is 37.2 Å². The van der Waals surface area contributed by atoms with Crippen molar-refractivity contribution < 1.29 is 29.0 Å². The van der Waals surface area contributed by atoms with E-state index in [4.69, 9.17) is 21.4 Å². The molecule has 0 radical (unpaired) electrons. The molecule has 0 spiro atoms. The Labute approximate surface area is 226 Å². The number of rotatable bonds is 6. The van der Waals surface area contributed by atoms with Gasteiger partial charge in [-0.15, -0.1) is 0 Å². The zero-order chi connectivity index (χ0) is 26.0. The van der Waals surface area contributed by atoms with Crippen molar-refractivity contribution in [3.8, 4) is 5.75 Å². The number of carboxylic acid groups (broad SMARTS) is 1. The van der Waals surface area contributed by atoms with Crippen molar-refractivity contribution in [1.82, 2.24) is 5.32 Å². The maximum atomic E-state index is 13.1. The highest BCUT2D eigenvalue weighted by Gasteiger charge is 2.37. The maximum absolute atomic E-state index is 13.1. The van der Waals surface area contributed by atoms with Gasteiger partial charge in [-0.1, -0.05) is 35.9 Å². The van der Waals surface area contributed by atoms with Crippen LogP contribution in [0.4, 0.5) is 10.5 Å². The molecule has 1 heterocycles. The van der Waals surface area contributed by atoms with Crippen LogP contribution in [0, 0.1) is 0 Å². The Bertz CT molecular complexity index is 1420. The summed E-state index contributed by atoms with van der Waals surface area (Å²) in [4.78, 5) is 49.8. The quantitative estimate of drug-likeness (QED) is 0.262. The highest BCUT2D eigenvalue weighted by Crippen LogP contribution is 2.36. The molecule has 0 bridgehead atoms. The molecule has 0 saturated carbocycles. The van der Waals surface area contributed by atoms with E-state index in [9.17, 15) is 19.2 Å². The van der Waals surface area contributed by atoms with Gasteiger partial charge in [-0.05, 0) is 85.5 Å². The van der Waals surface area contributed by atoms with Gasteiger partial charge in [0.05, 0.1) is 25.2 Å². The number of aromatic carboxylic acids is 1. The van der Waals surface area contributed by atoms with Gasteiger partial charge in [0, 0.05) is 0 Å². The molecule has 182 valence electrons. The molecule has 36 heavy (non-hydrogen) atoms. The molecule has 2 N–H and O–H groups in total. The normalized spacial score (nSPS) is 14.7. The third-order valence-corrected chi connectivity index (χ3v) is 6.61. The standard InChI is InChI=1S/C25H15Br2ClN2O6/c26-17-10-14(11-18(27)21(17)36-12-13-5-7-15(8-6-13)24(33)34)9-16-22(31)29-25(35)30(23(16)32)20-4-2-1-3-19(20)28/h1-11H,12H2,(H,33,34)(H,29,31,35)/b16-9+. The predicted molar refractivity (Wildman–Crippen MR) is 140 cm³/mol. The monoisotopic (exact) mass is 632 g/mol. The van der Waals surface area contributed by atoms with Crippen LogP contribution in [0.5, 0.6) is 5.75 Å². The third kappa shape index (κ3) is 5.35. The summed E-state index contributed by atoms with van der Waals surface area (Å²) in [6.07, 6.45) is 1.36. The minimum atomic E-state index is -1.01. The number of nitrogens with zero attached hydrogens (tertiary/aromatic N) is 1. The number of carbonyl (C=O) groups is 4. The molecule has 11 heteroatoms. The Morgan fingerprint density at radius 1 is 1.03 bits per heavy atom. The van der Waals surface area contributed by atoms with Crippen LogP contribution in [0.1, 0.15) is 21.5 Å². The lowest BCUT2D eigenvalue weighted by molar-refractivity contribution is -0.122. The van der Waals surface area contributed by atoms with E-state index in [1.807, 2.05) is 0 Å². The number of hydrogen-bond donors (Lipinski definition) is 2. The first-order valence-electron chi connectivity index (χ1n) is 10.3. The summed E-state index contributed by atoms with van der Waals surface area (Å²) in [5, 5.41) is 11.4. The Morgan fingerprint density at radius 3 is 2.28 bits per heavy atom. The number of para-hydroxylation sites is 1. The highest BCUT2D eigenvalue weighted by molar-refractivity contribution is 9.11. The number of anilines is 1. The molecule has 0 aromatic heterocycles. The SMILES string of the molecule is O=C1NC(=O)N(c2ccccc2Cl)C(=O)/C1=C/c1cc(Br)c(OCc2ccc(C(=O)O)cc2)c(Br)c1. The molecule has 1 aliphatic rings. The average molecular weight is 635 g/mol. The number of halogens is 3. The van der Waals surface area contributed by atoms with Crippen molar-refractivity contribution >= 4 is 79.0 Å². The second-order valence-corrected chi connectivity index (χ2v) is 9.63. The Morgan fingerprint density at radius 2 is 1.67 bits per heavy atom. The molecule has 1 aliphatic heterocycles. The first-order valence-corrected chi connectivity index (χ1v) is 12.2. The summed E-state index contributed by atoms with van der Waals surface area (Å²) in [7, 11) is 0. The van der Waals surface area contributed by atoms with Gasteiger partial charge in [-0.3, -0.25) is 14.9 Å². The van der Waals surface area contributed by atoms with Gasteiger partial charge in [-0.2, -0.15) is 0 Å². The predicted octanol–water partition coefficient (Wildman–Crippen LogP) is 5.81. The molecule has 3 aromatic rings. The summed E-state index contributed by atoms with van der Waals surface area (Å²) < 4.78 is 6.94. The maximum Gasteiger partial charge on any atom is 0.335 e. The Hall–Kier alpha value is -3.47. The fourth-order valence-corrected chi connectivity index (χ4v) is 5.05. The number of imide groups is 2. The van der Waals surface area contributed by atoms with Crippen molar-refractivity contribution in [3.63, 3.8) is 0 Å². The number of ether oxygens (including phenoxy) is 1. The zero-order valence-corrected chi connectivity index (χ0v) is 22.1. The van der Waals surface area contributed by atoms with Crippen LogP contribution in [-0.4, -0.2) is 28.9 Å². The fourth-order valence-electron chi connectivity index (χ4n) is 3.38. The minimum absolute atomic E-state index is 0.155. The van der Waals surface area contributed by atoms with Gasteiger partial charge in [0.1, 0.15) is 17.9 Å². The molecular formula is C25H15Br2ClN2O6. The van der Waals surface area contributed by atoms with Gasteiger partial charge < -0.3 is 9.84 Å². The highest BCUT2D eigenvalue weighted by atomic mass is 79.9. The number of carboxylic acids is 1. The van der Waals surface area contributed by atoms with Gasteiger partial charge in [0.15, 0.2) is 0 Å². The van der Waals surface area contributed by atoms with Crippen LogP contribution in [0.3, 0.4) is 0 Å². The number of benzene rings is 3. The zero-order valence-electron chi connectivity index (χ0n) is 18.1. The molecule has 3 aromatic carbocycles. The van der Waals surface area contributed by atoms with Gasteiger partial charge in [0.25, 0.3) is 11.8 Å². The second kappa shape index (κ2) is 10.7. The van der Waals surface area contributed by atoms with E-state index in [0.29, 0.717) is 20.3 Å². The number of barbiturate groups is 1. The van der Waals surface area contributed by atoms with E-state index >= 15 is 0 Å². The summed E-state index contributed by atoms with van der Waals surface area (Å²) in [6.45, 7) is 0.174. The average Bonchev–Trinajstić information content (AvgIpc) is 2.82. The number of nitrogens with one attached hydrogen (secondary N) is 1. The first-order chi connectivity index (χ1) is 17.2. The molecular weight excluding hydrogens is 620 g/mol. The summed E-state index contributed by atoms with van der Waals surface area (Å²) in [5.41, 5.74) is 1.33. The lowest BCUT2D eigenvalue weighted by Gasteiger charge is -2.27. The molecule has 4 rings (SSSR count). The summed E-state index contributed by atoms with van der Waals surface area (Å²) in [5.74, 6) is -2.19. The topological polar surface area (TPSA) is 113 Å². The van der Waals surface area contributed by atoms with Gasteiger partial charge in [0.2, 0.25) is 0 Å². The molecule has 0 unspecified atom stereocenters. The van der Waals surface area contributed by atoms with Crippen LogP contribution in [0.25, 0.3) is 6.08 Å².